The lowest BCUT2D eigenvalue weighted by molar-refractivity contribution is 0.350. The molecule has 1 aliphatic rings. The van der Waals surface area contributed by atoms with Crippen LogP contribution in [0, 0.1) is 0 Å². The summed E-state index contributed by atoms with van der Waals surface area (Å²) in [5.41, 5.74) is 7.40. The third-order valence-electron chi connectivity index (χ3n) is 3.69. The van der Waals surface area contributed by atoms with Crippen molar-refractivity contribution in [1.29, 1.82) is 0 Å². The van der Waals surface area contributed by atoms with Gasteiger partial charge in [0.05, 0.1) is 5.69 Å². The van der Waals surface area contributed by atoms with Crippen LogP contribution in [-0.4, -0.2) is 18.1 Å². The summed E-state index contributed by atoms with van der Waals surface area (Å²) in [5, 5.41) is 2.32. The van der Waals surface area contributed by atoms with Gasteiger partial charge in [0.15, 0.2) is 0 Å². The first kappa shape index (κ1) is 16.1. The van der Waals surface area contributed by atoms with E-state index >= 15 is 0 Å². The van der Waals surface area contributed by atoms with Crippen molar-refractivity contribution in [1.82, 2.24) is 5.01 Å². The highest BCUT2D eigenvalue weighted by molar-refractivity contribution is 9.11. The van der Waals surface area contributed by atoms with E-state index in [1.807, 2.05) is 0 Å². The molecule has 0 spiro atoms. The number of hydrogen-bond donors (Lipinski definition) is 1. The standard InChI is InChI=1S/C16H22Br2N2/c1-3-5-6-7-10-20-11-12(4-2)15-13(17)8-9-14(18)16(15)19-20/h4,8-9,19H,3,5-7,10-11H2,1-2H3/b12-4-. The fourth-order valence-corrected chi connectivity index (χ4v) is 3.56. The van der Waals surface area contributed by atoms with Crippen molar-refractivity contribution in [2.24, 2.45) is 0 Å². The van der Waals surface area contributed by atoms with E-state index in [0.717, 1.165) is 22.0 Å². The lowest BCUT2D eigenvalue weighted by Crippen LogP contribution is -2.36. The SMILES string of the molecule is C/C=C1/CN(CCCCCC)Nc2c(Br)ccc(Br)c21. The molecule has 0 unspecified atom stereocenters. The van der Waals surface area contributed by atoms with Gasteiger partial charge in [0, 0.05) is 27.6 Å². The zero-order chi connectivity index (χ0) is 14.5. The van der Waals surface area contributed by atoms with Crippen LogP contribution in [0.1, 0.15) is 45.1 Å². The maximum absolute atomic E-state index is 3.67. The number of fused-ring (bicyclic) bond motifs is 1. The maximum Gasteiger partial charge on any atom is 0.0719 e. The van der Waals surface area contributed by atoms with Crippen LogP contribution in [0.5, 0.6) is 0 Å². The van der Waals surface area contributed by atoms with E-state index in [1.165, 1.54) is 42.5 Å². The molecule has 0 aromatic heterocycles. The number of allylic oxidation sites excluding steroid dienone is 1. The predicted octanol–water partition coefficient (Wildman–Crippen LogP) is 5.84. The monoisotopic (exact) mass is 400 g/mol. The Labute approximate surface area is 138 Å². The Morgan fingerprint density at radius 2 is 1.95 bits per heavy atom. The Kier molecular flexibility index (Phi) is 6.12. The Morgan fingerprint density at radius 1 is 1.20 bits per heavy atom. The summed E-state index contributed by atoms with van der Waals surface area (Å²) in [6.45, 7) is 6.43. The van der Waals surface area contributed by atoms with Gasteiger partial charge < -0.3 is 5.43 Å². The van der Waals surface area contributed by atoms with Crippen LogP contribution < -0.4 is 5.43 Å². The molecule has 1 aromatic rings. The largest absolute Gasteiger partial charge is 0.317 e. The highest BCUT2D eigenvalue weighted by atomic mass is 79.9. The maximum atomic E-state index is 3.67. The van der Waals surface area contributed by atoms with Crippen LogP contribution >= 0.6 is 31.9 Å². The van der Waals surface area contributed by atoms with Crippen LogP contribution in [0.3, 0.4) is 0 Å². The molecular formula is C16H22Br2N2. The first-order valence-corrected chi connectivity index (χ1v) is 8.91. The van der Waals surface area contributed by atoms with Crippen LogP contribution in [0.15, 0.2) is 27.2 Å². The first-order chi connectivity index (χ1) is 9.67. The number of hydrogen-bond acceptors (Lipinski definition) is 2. The van der Waals surface area contributed by atoms with Crippen LogP contribution in [-0.2, 0) is 0 Å². The summed E-state index contributed by atoms with van der Waals surface area (Å²) in [6, 6.07) is 4.19. The molecule has 0 saturated heterocycles. The van der Waals surface area contributed by atoms with E-state index in [1.54, 1.807) is 0 Å². The number of rotatable bonds is 5. The van der Waals surface area contributed by atoms with Crippen molar-refractivity contribution in [3.8, 4) is 0 Å². The molecule has 0 atom stereocenters. The lowest BCUT2D eigenvalue weighted by Gasteiger charge is -2.33. The van der Waals surface area contributed by atoms with E-state index < -0.39 is 0 Å². The van der Waals surface area contributed by atoms with Gasteiger partial charge in [-0.3, -0.25) is 0 Å². The molecule has 0 aliphatic carbocycles. The molecule has 2 nitrogen and oxygen atoms in total. The number of benzene rings is 1. The van der Waals surface area contributed by atoms with E-state index in [4.69, 9.17) is 0 Å². The minimum atomic E-state index is 0.963. The number of nitrogens with zero attached hydrogens (tertiary/aromatic N) is 1. The zero-order valence-electron chi connectivity index (χ0n) is 12.2. The molecule has 1 aliphatic heterocycles. The third kappa shape index (κ3) is 3.66. The van der Waals surface area contributed by atoms with Gasteiger partial charge in [0.2, 0.25) is 0 Å². The molecule has 110 valence electrons. The normalized spacial score (nSPS) is 17.1. The van der Waals surface area contributed by atoms with E-state index in [-0.39, 0.29) is 0 Å². The second kappa shape index (κ2) is 7.62. The minimum Gasteiger partial charge on any atom is -0.317 e. The number of halogens is 2. The molecule has 0 amide bonds. The Bertz CT molecular complexity index is 497. The quantitative estimate of drug-likeness (QED) is 0.623. The van der Waals surface area contributed by atoms with Crippen molar-refractivity contribution >= 4 is 43.1 Å². The molecule has 2 rings (SSSR count). The second-order valence-electron chi connectivity index (χ2n) is 5.19. The number of hydrazine groups is 1. The molecule has 0 saturated carbocycles. The summed E-state index contributed by atoms with van der Waals surface area (Å²) in [7, 11) is 0. The molecule has 1 aromatic carbocycles. The Balaban J connectivity index is 2.14. The van der Waals surface area contributed by atoms with Crippen LogP contribution in [0.25, 0.3) is 5.57 Å². The molecule has 1 N–H and O–H groups in total. The smallest absolute Gasteiger partial charge is 0.0719 e. The van der Waals surface area contributed by atoms with Gasteiger partial charge in [-0.15, -0.1) is 0 Å². The van der Waals surface area contributed by atoms with Gasteiger partial charge in [-0.05, 0) is 47.0 Å². The molecule has 1 heterocycles. The molecule has 4 heteroatoms. The van der Waals surface area contributed by atoms with Crippen molar-refractivity contribution in [3.63, 3.8) is 0 Å². The van der Waals surface area contributed by atoms with Crippen LogP contribution in [0.2, 0.25) is 0 Å². The number of unbranched alkanes of at least 4 members (excludes halogenated alkanes) is 3. The van der Waals surface area contributed by atoms with Crippen LogP contribution in [0.4, 0.5) is 5.69 Å². The predicted molar refractivity (Wildman–Crippen MR) is 94.8 cm³/mol. The lowest BCUT2D eigenvalue weighted by atomic mass is 10.0. The molecular weight excluding hydrogens is 380 g/mol. The summed E-state index contributed by atoms with van der Waals surface area (Å²) in [6.07, 6.45) is 7.39. The highest BCUT2D eigenvalue weighted by Crippen LogP contribution is 2.40. The molecule has 0 bridgehead atoms. The molecule has 0 radical (unpaired) electrons. The van der Waals surface area contributed by atoms with E-state index in [9.17, 15) is 0 Å². The first-order valence-electron chi connectivity index (χ1n) is 7.32. The highest BCUT2D eigenvalue weighted by Gasteiger charge is 2.23. The van der Waals surface area contributed by atoms with Crippen molar-refractivity contribution in [3.05, 3.63) is 32.7 Å². The van der Waals surface area contributed by atoms with Gasteiger partial charge in [0.25, 0.3) is 0 Å². The van der Waals surface area contributed by atoms with Gasteiger partial charge >= 0.3 is 0 Å². The number of nitrogens with one attached hydrogen (secondary N) is 1. The summed E-state index contributed by atoms with van der Waals surface area (Å²) < 4.78 is 2.27. The van der Waals surface area contributed by atoms with Gasteiger partial charge in [-0.1, -0.05) is 48.2 Å². The Hall–Kier alpha value is -0.320. The van der Waals surface area contributed by atoms with Crippen molar-refractivity contribution < 1.29 is 0 Å². The molecule has 0 fully saturated rings. The fraction of sp³-hybridized carbons (Fsp3) is 0.500. The van der Waals surface area contributed by atoms with E-state index in [0.29, 0.717) is 0 Å². The number of anilines is 1. The third-order valence-corrected chi connectivity index (χ3v) is 5.01. The Morgan fingerprint density at radius 3 is 2.65 bits per heavy atom. The van der Waals surface area contributed by atoms with E-state index in [2.05, 4.69) is 74.4 Å². The second-order valence-corrected chi connectivity index (χ2v) is 6.90. The summed E-state index contributed by atoms with van der Waals surface area (Å²) in [5.74, 6) is 0. The van der Waals surface area contributed by atoms with Crippen molar-refractivity contribution in [2.75, 3.05) is 18.5 Å². The van der Waals surface area contributed by atoms with Gasteiger partial charge in [-0.25, -0.2) is 5.01 Å². The summed E-state index contributed by atoms with van der Waals surface area (Å²) >= 11 is 7.33. The minimum absolute atomic E-state index is 0.963. The zero-order valence-corrected chi connectivity index (χ0v) is 15.3. The average Bonchev–Trinajstić information content (AvgIpc) is 2.46. The molecule has 20 heavy (non-hydrogen) atoms. The topological polar surface area (TPSA) is 15.3 Å². The fourth-order valence-electron chi connectivity index (χ4n) is 2.56. The van der Waals surface area contributed by atoms with Crippen molar-refractivity contribution in [2.45, 2.75) is 39.5 Å². The average molecular weight is 402 g/mol. The summed E-state index contributed by atoms with van der Waals surface area (Å²) in [4.78, 5) is 0. The van der Waals surface area contributed by atoms with Gasteiger partial charge in [0.1, 0.15) is 0 Å². The van der Waals surface area contributed by atoms with Gasteiger partial charge in [-0.2, -0.15) is 0 Å².